The monoisotopic (exact) mass is 299 g/mol. The highest BCUT2D eigenvalue weighted by Crippen LogP contribution is 2.34. The van der Waals surface area contributed by atoms with Crippen LogP contribution in [0.2, 0.25) is 0 Å². The number of carbonyl (C=O) groups excluding carboxylic acids is 2. The highest BCUT2D eigenvalue weighted by atomic mass is 32.1. The molecule has 0 spiro atoms. The quantitative estimate of drug-likeness (QED) is 0.548. The Morgan fingerprint density at radius 3 is 2.25 bits per heavy atom. The van der Waals surface area contributed by atoms with Gasteiger partial charge in [-0.2, -0.15) is 0 Å². The maximum absolute atomic E-state index is 11.4. The van der Waals surface area contributed by atoms with Crippen molar-refractivity contribution in [3.05, 3.63) is 10.4 Å². The zero-order valence-corrected chi connectivity index (χ0v) is 12.5. The molecule has 0 aliphatic rings. The summed E-state index contributed by atoms with van der Waals surface area (Å²) in [4.78, 5) is 25.1. The van der Waals surface area contributed by atoms with E-state index >= 15 is 0 Å². The SMILES string of the molecule is CCN(CC)CCNc1sc(C(N)=O)c(N)c1C(N)=O. The summed E-state index contributed by atoms with van der Waals surface area (Å²) in [5.41, 5.74) is 16.5. The van der Waals surface area contributed by atoms with Crippen LogP contribution in [0.15, 0.2) is 0 Å². The van der Waals surface area contributed by atoms with Gasteiger partial charge < -0.3 is 27.4 Å². The van der Waals surface area contributed by atoms with Crippen LogP contribution < -0.4 is 22.5 Å². The molecule has 0 atom stereocenters. The lowest BCUT2D eigenvalue weighted by molar-refractivity contribution is 0.0999. The number of hydrogen-bond donors (Lipinski definition) is 4. The molecule has 0 bridgehead atoms. The number of primary amides is 2. The molecule has 0 radical (unpaired) electrons. The minimum Gasteiger partial charge on any atom is -0.397 e. The molecule has 7 N–H and O–H groups in total. The van der Waals surface area contributed by atoms with Gasteiger partial charge in [0.2, 0.25) is 0 Å². The molecule has 0 aliphatic carbocycles. The molecule has 1 rings (SSSR count). The van der Waals surface area contributed by atoms with E-state index < -0.39 is 11.8 Å². The molecule has 0 fully saturated rings. The summed E-state index contributed by atoms with van der Waals surface area (Å²) in [7, 11) is 0. The molecule has 2 amide bonds. The van der Waals surface area contributed by atoms with E-state index in [0.29, 0.717) is 11.5 Å². The molecule has 7 nitrogen and oxygen atoms in total. The van der Waals surface area contributed by atoms with Gasteiger partial charge in [-0.1, -0.05) is 13.8 Å². The molecule has 20 heavy (non-hydrogen) atoms. The zero-order valence-electron chi connectivity index (χ0n) is 11.7. The second kappa shape index (κ2) is 7.11. The average Bonchev–Trinajstić information content (AvgIpc) is 2.72. The number of nitrogens with one attached hydrogen (secondary N) is 1. The lowest BCUT2D eigenvalue weighted by Crippen LogP contribution is -2.28. The third kappa shape index (κ3) is 3.61. The first-order valence-corrected chi connectivity index (χ1v) is 7.22. The molecule has 0 saturated heterocycles. The predicted octanol–water partition coefficient (Wildman–Crippen LogP) is 0.282. The molecule has 1 heterocycles. The first-order valence-electron chi connectivity index (χ1n) is 6.40. The van der Waals surface area contributed by atoms with E-state index in [0.717, 1.165) is 31.0 Å². The molecule has 0 unspecified atom stereocenters. The lowest BCUT2D eigenvalue weighted by atomic mass is 10.2. The number of rotatable bonds is 8. The van der Waals surface area contributed by atoms with Crippen molar-refractivity contribution in [3.8, 4) is 0 Å². The zero-order chi connectivity index (χ0) is 15.3. The van der Waals surface area contributed by atoms with E-state index in [2.05, 4.69) is 24.1 Å². The highest BCUT2D eigenvalue weighted by Gasteiger charge is 2.22. The van der Waals surface area contributed by atoms with Crippen molar-refractivity contribution in [2.24, 2.45) is 11.5 Å². The van der Waals surface area contributed by atoms with E-state index in [9.17, 15) is 9.59 Å². The van der Waals surface area contributed by atoms with Crippen molar-refractivity contribution >= 4 is 33.8 Å². The van der Waals surface area contributed by atoms with Crippen LogP contribution >= 0.6 is 11.3 Å². The van der Waals surface area contributed by atoms with Crippen LogP contribution in [0.3, 0.4) is 0 Å². The van der Waals surface area contributed by atoms with Crippen molar-refractivity contribution < 1.29 is 9.59 Å². The summed E-state index contributed by atoms with van der Waals surface area (Å²) in [6.07, 6.45) is 0. The third-order valence-electron chi connectivity index (χ3n) is 3.02. The smallest absolute Gasteiger partial charge is 0.260 e. The third-order valence-corrected chi connectivity index (χ3v) is 4.20. The van der Waals surface area contributed by atoms with Crippen LogP contribution in [0.25, 0.3) is 0 Å². The number of carbonyl (C=O) groups is 2. The summed E-state index contributed by atoms with van der Waals surface area (Å²) in [5.74, 6) is -1.33. The normalized spacial score (nSPS) is 10.8. The van der Waals surface area contributed by atoms with Gasteiger partial charge in [0.1, 0.15) is 9.88 Å². The fourth-order valence-corrected chi connectivity index (χ4v) is 2.87. The Hall–Kier alpha value is -1.80. The van der Waals surface area contributed by atoms with Crippen molar-refractivity contribution in [2.75, 3.05) is 37.2 Å². The van der Waals surface area contributed by atoms with Crippen LogP contribution in [-0.4, -0.2) is 42.9 Å². The fraction of sp³-hybridized carbons (Fsp3) is 0.500. The first-order chi connectivity index (χ1) is 9.42. The van der Waals surface area contributed by atoms with E-state index in [1.54, 1.807) is 0 Å². The molecular formula is C12H21N5O2S. The molecule has 0 aromatic carbocycles. The Bertz CT molecular complexity index is 496. The van der Waals surface area contributed by atoms with Crippen LogP contribution in [0, 0.1) is 0 Å². The standard InChI is InChI=1S/C12H21N5O2S/c1-3-17(4-2)6-5-16-12-7(10(14)18)8(13)9(20-12)11(15)19/h16H,3-6,13H2,1-2H3,(H2,14,18)(H2,15,19). The summed E-state index contributed by atoms with van der Waals surface area (Å²) in [6.45, 7) is 7.48. The predicted molar refractivity (Wildman–Crippen MR) is 82.0 cm³/mol. The average molecular weight is 299 g/mol. The minimum atomic E-state index is -0.670. The Morgan fingerprint density at radius 1 is 1.20 bits per heavy atom. The summed E-state index contributed by atoms with van der Waals surface area (Å²) < 4.78 is 0. The number of nitrogens with two attached hydrogens (primary N) is 3. The molecule has 112 valence electrons. The second-order valence-corrected chi connectivity index (χ2v) is 5.25. The van der Waals surface area contributed by atoms with Crippen molar-refractivity contribution in [3.63, 3.8) is 0 Å². The van der Waals surface area contributed by atoms with Gasteiger partial charge in [0.15, 0.2) is 0 Å². The Kier molecular flexibility index (Phi) is 5.78. The Labute approximate surface area is 122 Å². The largest absolute Gasteiger partial charge is 0.397 e. The van der Waals surface area contributed by atoms with E-state index in [4.69, 9.17) is 17.2 Å². The van der Waals surface area contributed by atoms with Crippen LogP contribution in [-0.2, 0) is 0 Å². The maximum Gasteiger partial charge on any atom is 0.260 e. The van der Waals surface area contributed by atoms with Gasteiger partial charge in [-0.3, -0.25) is 9.59 Å². The Morgan fingerprint density at radius 2 is 1.80 bits per heavy atom. The van der Waals surface area contributed by atoms with Gasteiger partial charge in [-0.15, -0.1) is 11.3 Å². The van der Waals surface area contributed by atoms with E-state index in [1.807, 2.05) is 0 Å². The maximum atomic E-state index is 11.4. The second-order valence-electron chi connectivity index (χ2n) is 4.23. The van der Waals surface area contributed by atoms with Gasteiger partial charge in [0.25, 0.3) is 11.8 Å². The molecule has 8 heteroatoms. The summed E-state index contributed by atoms with van der Waals surface area (Å²) >= 11 is 1.06. The summed E-state index contributed by atoms with van der Waals surface area (Å²) in [5, 5.41) is 3.59. The van der Waals surface area contributed by atoms with Crippen LogP contribution in [0.4, 0.5) is 10.7 Å². The van der Waals surface area contributed by atoms with Gasteiger partial charge >= 0.3 is 0 Å². The number of amides is 2. The number of nitrogen functional groups attached to an aromatic ring is 1. The molecule has 0 aliphatic heterocycles. The Balaban J connectivity index is 2.86. The highest BCUT2D eigenvalue weighted by molar-refractivity contribution is 7.19. The van der Waals surface area contributed by atoms with Gasteiger partial charge in [0, 0.05) is 13.1 Å². The lowest BCUT2D eigenvalue weighted by Gasteiger charge is -2.18. The number of likely N-dealkylation sites (N-methyl/N-ethyl adjacent to an activating group) is 1. The molecule has 1 aromatic rings. The minimum absolute atomic E-state index is 0.0559. The summed E-state index contributed by atoms with van der Waals surface area (Å²) in [6, 6.07) is 0. The number of nitrogens with zero attached hydrogens (tertiary/aromatic N) is 1. The fourth-order valence-electron chi connectivity index (χ4n) is 1.86. The number of anilines is 2. The van der Waals surface area contributed by atoms with Gasteiger partial charge in [-0.05, 0) is 13.1 Å². The van der Waals surface area contributed by atoms with Gasteiger partial charge in [0.05, 0.1) is 11.3 Å². The van der Waals surface area contributed by atoms with Gasteiger partial charge in [-0.25, -0.2) is 0 Å². The molecule has 0 saturated carbocycles. The van der Waals surface area contributed by atoms with Crippen LogP contribution in [0.5, 0.6) is 0 Å². The molecular weight excluding hydrogens is 278 g/mol. The number of thiophene rings is 1. The van der Waals surface area contributed by atoms with Crippen molar-refractivity contribution in [1.82, 2.24) is 4.90 Å². The first kappa shape index (κ1) is 16.3. The topological polar surface area (TPSA) is 127 Å². The number of hydrogen-bond acceptors (Lipinski definition) is 6. The van der Waals surface area contributed by atoms with E-state index in [-0.39, 0.29) is 16.1 Å². The molecule has 1 aromatic heterocycles. The van der Waals surface area contributed by atoms with E-state index in [1.165, 1.54) is 0 Å². The van der Waals surface area contributed by atoms with Crippen LogP contribution in [0.1, 0.15) is 33.9 Å². The van der Waals surface area contributed by atoms with Crippen molar-refractivity contribution in [1.29, 1.82) is 0 Å². The van der Waals surface area contributed by atoms with Crippen molar-refractivity contribution in [2.45, 2.75) is 13.8 Å².